The third kappa shape index (κ3) is 7.15. The highest BCUT2D eigenvalue weighted by Crippen LogP contribution is 2.10. The van der Waals surface area contributed by atoms with Crippen LogP contribution in [0.1, 0.15) is 18.4 Å². The zero-order valence-electron chi connectivity index (χ0n) is 14.5. The van der Waals surface area contributed by atoms with E-state index in [-0.39, 0.29) is 19.4 Å². The third-order valence-electron chi connectivity index (χ3n) is 3.61. The van der Waals surface area contributed by atoms with Crippen LogP contribution >= 0.6 is 0 Å². The first-order valence-electron chi connectivity index (χ1n) is 8.26. The highest BCUT2D eigenvalue weighted by Gasteiger charge is 2.22. The molecule has 0 aliphatic rings. The van der Waals surface area contributed by atoms with E-state index in [1.807, 2.05) is 18.2 Å². The number of benzene rings is 2. The highest BCUT2D eigenvalue weighted by atomic mass is 19.1. The normalized spacial score (nSPS) is 11.3. The molecule has 0 unspecified atom stereocenters. The van der Waals surface area contributed by atoms with Gasteiger partial charge in [-0.15, -0.1) is 0 Å². The summed E-state index contributed by atoms with van der Waals surface area (Å²) in [6.07, 6.45) is -0.897. The van der Waals surface area contributed by atoms with E-state index in [0.717, 1.165) is 5.56 Å². The van der Waals surface area contributed by atoms with Crippen LogP contribution in [-0.4, -0.2) is 23.9 Å². The molecule has 0 saturated heterocycles. The van der Waals surface area contributed by atoms with Gasteiger partial charge in [0.05, 0.1) is 0 Å². The number of carbonyl (C=O) groups excluding carboxylic acids is 3. The number of carbonyl (C=O) groups is 3. The lowest BCUT2D eigenvalue weighted by Crippen LogP contribution is -2.44. The van der Waals surface area contributed by atoms with E-state index in [0.29, 0.717) is 5.69 Å². The lowest BCUT2D eigenvalue weighted by atomic mass is 10.1. The van der Waals surface area contributed by atoms with Crippen molar-refractivity contribution in [2.24, 2.45) is 5.73 Å². The van der Waals surface area contributed by atoms with Crippen molar-refractivity contribution in [2.75, 3.05) is 5.32 Å². The topological polar surface area (TPSA) is 111 Å². The van der Waals surface area contributed by atoms with Gasteiger partial charge in [0.15, 0.2) is 0 Å². The number of amides is 3. The summed E-state index contributed by atoms with van der Waals surface area (Å²) < 4.78 is 18.0. The zero-order chi connectivity index (χ0) is 19.6. The van der Waals surface area contributed by atoms with E-state index >= 15 is 0 Å². The van der Waals surface area contributed by atoms with Crippen molar-refractivity contribution in [2.45, 2.75) is 25.5 Å². The van der Waals surface area contributed by atoms with E-state index in [2.05, 4.69) is 10.6 Å². The van der Waals surface area contributed by atoms with Gasteiger partial charge >= 0.3 is 6.09 Å². The molecule has 0 aliphatic heterocycles. The second-order valence-electron chi connectivity index (χ2n) is 5.76. The maximum absolute atomic E-state index is 13.0. The second kappa shape index (κ2) is 9.91. The first kappa shape index (κ1) is 19.9. The molecule has 0 bridgehead atoms. The molecule has 4 N–H and O–H groups in total. The number of hydrogen-bond donors (Lipinski definition) is 3. The molecule has 0 aliphatic carbocycles. The predicted octanol–water partition coefficient (Wildman–Crippen LogP) is 2.32. The lowest BCUT2D eigenvalue weighted by molar-refractivity contribution is -0.119. The molecule has 27 heavy (non-hydrogen) atoms. The molecule has 8 heteroatoms. The van der Waals surface area contributed by atoms with Gasteiger partial charge in [-0.1, -0.05) is 30.3 Å². The summed E-state index contributed by atoms with van der Waals surface area (Å²) in [6, 6.07) is 13.1. The number of alkyl carbamates (subject to hydrolysis) is 1. The molecule has 0 spiro atoms. The molecule has 0 fully saturated rings. The Morgan fingerprint density at radius 3 is 2.33 bits per heavy atom. The van der Waals surface area contributed by atoms with Gasteiger partial charge in [0, 0.05) is 12.1 Å². The van der Waals surface area contributed by atoms with Crippen LogP contribution in [0.15, 0.2) is 54.6 Å². The Balaban J connectivity index is 1.95. The predicted molar refractivity (Wildman–Crippen MR) is 97.0 cm³/mol. The van der Waals surface area contributed by atoms with Crippen molar-refractivity contribution >= 4 is 23.6 Å². The van der Waals surface area contributed by atoms with Crippen molar-refractivity contribution in [3.05, 3.63) is 66.0 Å². The second-order valence-corrected chi connectivity index (χ2v) is 5.76. The van der Waals surface area contributed by atoms with Crippen molar-refractivity contribution in [1.29, 1.82) is 0 Å². The van der Waals surface area contributed by atoms with Crippen LogP contribution in [0.2, 0.25) is 0 Å². The van der Waals surface area contributed by atoms with Crippen LogP contribution in [0, 0.1) is 5.82 Å². The molecule has 3 amide bonds. The molecule has 0 heterocycles. The summed E-state index contributed by atoms with van der Waals surface area (Å²) in [5, 5.41) is 4.96. The molecule has 2 aromatic rings. The first-order chi connectivity index (χ1) is 12.9. The standard InChI is InChI=1S/C19H20FN3O4/c20-14-6-8-15(9-7-14)22-18(25)16(10-11-17(21)24)23-19(26)27-12-13-4-2-1-3-5-13/h1-9,16H,10-12H2,(H2,21,24)(H,22,25)(H,23,26)/t16-/m0/s1. The molecular weight excluding hydrogens is 353 g/mol. The average Bonchev–Trinajstić information content (AvgIpc) is 2.66. The minimum atomic E-state index is -1.04. The van der Waals surface area contributed by atoms with Crippen molar-refractivity contribution < 1.29 is 23.5 Å². The van der Waals surface area contributed by atoms with Gasteiger partial charge < -0.3 is 21.1 Å². The van der Waals surface area contributed by atoms with E-state index in [4.69, 9.17) is 10.5 Å². The average molecular weight is 373 g/mol. The number of hydrogen-bond acceptors (Lipinski definition) is 4. The summed E-state index contributed by atoms with van der Waals surface area (Å²) in [5.41, 5.74) is 6.26. The fraction of sp³-hybridized carbons (Fsp3) is 0.211. The Labute approximate surface area is 155 Å². The van der Waals surface area contributed by atoms with Crippen LogP contribution in [0.3, 0.4) is 0 Å². The number of anilines is 1. The van der Waals surface area contributed by atoms with Gasteiger partial charge in [0.2, 0.25) is 11.8 Å². The Morgan fingerprint density at radius 1 is 1.04 bits per heavy atom. The molecule has 0 aromatic heterocycles. The Hall–Kier alpha value is -3.42. The fourth-order valence-electron chi connectivity index (χ4n) is 2.23. The molecule has 142 valence electrons. The summed E-state index contributed by atoms with van der Waals surface area (Å²) in [7, 11) is 0. The van der Waals surface area contributed by atoms with Gasteiger partial charge in [0.1, 0.15) is 18.5 Å². The summed E-state index contributed by atoms with van der Waals surface area (Å²) in [5.74, 6) is -1.62. The van der Waals surface area contributed by atoms with E-state index in [1.54, 1.807) is 12.1 Å². The molecule has 0 radical (unpaired) electrons. The maximum atomic E-state index is 13.0. The number of nitrogens with one attached hydrogen (secondary N) is 2. The quantitative estimate of drug-likeness (QED) is 0.659. The summed E-state index contributed by atoms with van der Waals surface area (Å²) >= 11 is 0. The van der Waals surface area contributed by atoms with Crippen molar-refractivity contribution in [1.82, 2.24) is 5.32 Å². The van der Waals surface area contributed by atoms with Crippen molar-refractivity contribution in [3.63, 3.8) is 0 Å². The maximum Gasteiger partial charge on any atom is 0.408 e. The molecule has 2 rings (SSSR count). The fourth-order valence-corrected chi connectivity index (χ4v) is 2.23. The SMILES string of the molecule is NC(=O)CC[C@H](NC(=O)OCc1ccccc1)C(=O)Nc1ccc(F)cc1. The number of nitrogens with two attached hydrogens (primary N) is 1. The monoisotopic (exact) mass is 373 g/mol. The number of ether oxygens (including phenoxy) is 1. The van der Waals surface area contributed by atoms with Gasteiger partial charge in [-0.3, -0.25) is 9.59 Å². The molecular formula is C19H20FN3O4. The zero-order valence-corrected chi connectivity index (χ0v) is 14.5. The van der Waals surface area contributed by atoms with Gasteiger partial charge in [0.25, 0.3) is 0 Å². The number of rotatable bonds is 8. The number of halogens is 1. The van der Waals surface area contributed by atoms with Gasteiger partial charge in [-0.05, 0) is 36.2 Å². The Kier molecular flexibility index (Phi) is 7.30. The lowest BCUT2D eigenvalue weighted by Gasteiger charge is -2.18. The Bertz CT molecular complexity index is 781. The number of primary amides is 1. The third-order valence-corrected chi connectivity index (χ3v) is 3.61. The van der Waals surface area contributed by atoms with Crippen molar-refractivity contribution in [3.8, 4) is 0 Å². The Morgan fingerprint density at radius 2 is 1.70 bits per heavy atom. The van der Waals surface area contributed by atoms with Gasteiger partial charge in [-0.25, -0.2) is 9.18 Å². The van der Waals surface area contributed by atoms with Crippen LogP contribution in [-0.2, 0) is 20.9 Å². The molecule has 1 atom stereocenters. The van der Waals surface area contributed by atoms with Crippen LogP contribution in [0.25, 0.3) is 0 Å². The molecule has 0 saturated carbocycles. The first-order valence-corrected chi connectivity index (χ1v) is 8.26. The molecule has 7 nitrogen and oxygen atoms in total. The van der Waals surface area contributed by atoms with E-state index in [1.165, 1.54) is 24.3 Å². The smallest absolute Gasteiger partial charge is 0.408 e. The van der Waals surface area contributed by atoms with E-state index < -0.39 is 29.8 Å². The van der Waals surface area contributed by atoms with Crippen LogP contribution < -0.4 is 16.4 Å². The van der Waals surface area contributed by atoms with E-state index in [9.17, 15) is 18.8 Å². The highest BCUT2D eigenvalue weighted by molar-refractivity contribution is 5.96. The van der Waals surface area contributed by atoms with Crippen LogP contribution in [0.5, 0.6) is 0 Å². The van der Waals surface area contributed by atoms with Gasteiger partial charge in [-0.2, -0.15) is 0 Å². The molecule has 2 aromatic carbocycles. The summed E-state index contributed by atoms with van der Waals surface area (Å²) in [4.78, 5) is 35.4. The summed E-state index contributed by atoms with van der Waals surface area (Å²) in [6.45, 7) is 0.0365. The minimum absolute atomic E-state index is 0.00278. The minimum Gasteiger partial charge on any atom is -0.445 e. The van der Waals surface area contributed by atoms with Crippen LogP contribution in [0.4, 0.5) is 14.9 Å². The largest absolute Gasteiger partial charge is 0.445 e.